The van der Waals surface area contributed by atoms with E-state index >= 15 is 0 Å². The fraction of sp³-hybridized carbons (Fsp3) is 0.387. The molecule has 198 valence electrons. The lowest BCUT2D eigenvalue weighted by Gasteiger charge is -2.34. The molecule has 0 spiro atoms. The molecule has 2 N–H and O–H groups in total. The number of benzene rings is 2. The van der Waals surface area contributed by atoms with Gasteiger partial charge in [0.15, 0.2) is 5.65 Å². The topological polar surface area (TPSA) is 73.9 Å². The molecule has 1 saturated heterocycles. The minimum atomic E-state index is -0.0187. The third kappa shape index (κ3) is 6.44. The van der Waals surface area contributed by atoms with E-state index in [0.717, 1.165) is 70.6 Å². The van der Waals surface area contributed by atoms with Gasteiger partial charge in [-0.15, -0.1) is 0 Å². The number of imidazole rings is 1. The molecule has 7 heteroatoms. The Morgan fingerprint density at radius 3 is 2.45 bits per heavy atom. The van der Waals surface area contributed by atoms with Crippen molar-refractivity contribution in [3.63, 3.8) is 0 Å². The van der Waals surface area contributed by atoms with Gasteiger partial charge in [0.25, 0.3) is 0 Å². The highest BCUT2D eigenvalue weighted by Crippen LogP contribution is 2.36. The molecule has 6 nitrogen and oxygen atoms in total. The van der Waals surface area contributed by atoms with Crippen LogP contribution in [-0.4, -0.2) is 33.9 Å². The van der Waals surface area contributed by atoms with Crippen molar-refractivity contribution in [3.05, 3.63) is 76.4 Å². The fourth-order valence-corrected chi connectivity index (χ4v) is 5.73. The monoisotopic (exact) mass is 573 g/mol. The predicted molar refractivity (Wildman–Crippen MR) is 158 cm³/mol. The maximum atomic E-state index is 12.2. The maximum absolute atomic E-state index is 12.2. The van der Waals surface area contributed by atoms with E-state index in [1.165, 1.54) is 5.56 Å². The second kappa shape index (κ2) is 11.3. The van der Waals surface area contributed by atoms with Crippen LogP contribution in [0.5, 0.6) is 0 Å². The Labute approximate surface area is 233 Å². The highest BCUT2D eigenvalue weighted by atomic mass is 79.9. The molecule has 1 amide bonds. The van der Waals surface area contributed by atoms with Crippen LogP contribution in [0.25, 0.3) is 22.6 Å². The second-order valence-electron chi connectivity index (χ2n) is 11.6. The van der Waals surface area contributed by atoms with Gasteiger partial charge < -0.3 is 15.2 Å². The lowest BCUT2D eigenvalue weighted by molar-refractivity contribution is -0.122. The summed E-state index contributed by atoms with van der Waals surface area (Å²) in [5.74, 6) is 1.58. The van der Waals surface area contributed by atoms with Crippen molar-refractivity contribution in [1.29, 1.82) is 0 Å². The molecule has 0 radical (unpaired) electrons. The van der Waals surface area contributed by atoms with Gasteiger partial charge in [0.2, 0.25) is 5.91 Å². The van der Waals surface area contributed by atoms with Crippen LogP contribution in [0.1, 0.15) is 51.2 Å². The standard InChI is InChI=1S/C31H36BrN5O/c1-31(2,3)18-26(38)33-19-23-9-11-24(12-10-23)29-35-27-28(25(32)20-34-30(27)36-29)37-15-13-22(14-16-37)17-21-7-5-4-6-8-21/h4-12,20,22H,13-19H2,1-3H3,(H,33,38)(H,34,35,36). The number of hydrogen-bond donors (Lipinski definition) is 2. The highest BCUT2D eigenvalue weighted by Gasteiger charge is 2.24. The van der Waals surface area contributed by atoms with Gasteiger partial charge in [-0.25, -0.2) is 9.97 Å². The van der Waals surface area contributed by atoms with Crippen molar-refractivity contribution in [3.8, 4) is 11.4 Å². The number of hydrogen-bond acceptors (Lipinski definition) is 4. The number of nitrogens with one attached hydrogen (secondary N) is 2. The van der Waals surface area contributed by atoms with Gasteiger partial charge >= 0.3 is 0 Å². The van der Waals surface area contributed by atoms with Gasteiger partial charge in [0.05, 0.1) is 10.2 Å². The molecule has 38 heavy (non-hydrogen) atoms. The molecule has 2 aromatic carbocycles. The van der Waals surface area contributed by atoms with Crippen molar-refractivity contribution >= 4 is 38.7 Å². The highest BCUT2D eigenvalue weighted by molar-refractivity contribution is 9.10. The Kier molecular flexibility index (Phi) is 7.84. The average Bonchev–Trinajstić information content (AvgIpc) is 3.32. The van der Waals surface area contributed by atoms with Crippen LogP contribution in [-0.2, 0) is 17.8 Å². The molecular weight excluding hydrogens is 538 g/mol. The van der Waals surface area contributed by atoms with E-state index < -0.39 is 0 Å². The first kappa shape index (κ1) is 26.4. The van der Waals surface area contributed by atoms with E-state index in [9.17, 15) is 4.79 Å². The molecule has 0 aliphatic carbocycles. The van der Waals surface area contributed by atoms with Crippen LogP contribution in [0.15, 0.2) is 65.3 Å². The lowest BCUT2D eigenvalue weighted by atomic mass is 9.90. The molecule has 5 rings (SSSR count). The molecule has 1 fully saturated rings. The summed E-state index contributed by atoms with van der Waals surface area (Å²) in [7, 11) is 0. The van der Waals surface area contributed by atoms with Gasteiger partial charge in [-0.2, -0.15) is 0 Å². The number of carbonyl (C=O) groups excluding carboxylic acids is 1. The fourth-order valence-electron chi connectivity index (χ4n) is 5.19. The summed E-state index contributed by atoms with van der Waals surface area (Å²) in [4.78, 5) is 27.6. The van der Waals surface area contributed by atoms with E-state index in [-0.39, 0.29) is 11.3 Å². The van der Waals surface area contributed by atoms with Crippen LogP contribution < -0.4 is 10.2 Å². The number of piperidine rings is 1. The summed E-state index contributed by atoms with van der Waals surface area (Å²) in [5.41, 5.74) is 6.28. The number of halogens is 1. The van der Waals surface area contributed by atoms with Crippen molar-refractivity contribution < 1.29 is 4.79 Å². The zero-order chi connectivity index (χ0) is 26.7. The number of rotatable bonds is 7. The first-order valence-corrected chi connectivity index (χ1v) is 14.2. The van der Waals surface area contributed by atoms with Crippen LogP contribution in [0.3, 0.4) is 0 Å². The molecule has 3 heterocycles. The third-order valence-corrected chi connectivity index (χ3v) is 7.73. The van der Waals surface area contributed by atoms with E-state index in [2.05, 4.69) is 87.2 Å². The molecule has 0 saturated carbocycles. The van der Waals surface area contributed by atoms with E-state index in [1.807, 2.05) is 30.5 Å². The Balaban J connectivity index is 1.27. The van der Waals surface area contributed by atoms with Crippen molar-refractivity contribution in [1.82, 2.24) is 20.3 Å². The number of fused-ring (bicyclic) bond motifs is 1. The van der Waals surface area contributed by atoms with Gasteiger partial charge in [-0.1, -0.05) is 75.4 Å². The summed E-state index contributed by atoms with van der Waals surface area (Å²) in [5, 5.41) is 3.02. The molecule has 4 aromatic rings. The summed E-state index contributed by atoms with van der Waals surface area (Å²) < 4.78 is 0.978. The van der Waals surface area contributed by atoms with Gasteiger partial charge in [0.1, 0.15) is 11.3 Å². The number of carbonyl (C=O) groups is 1. The van der Waals surface area contributed by atoms with Crippen molar-refractivity contribution in [2.45, 2.75) is 53.0 Å². The SMILES string of the molecule is CC(C)(C)CC(=O)NCc1ccc(-c2nc3c(N4CCC(Cc5ccccc5)CC4)c(Br)cnc3[nH]2)cc1. The number of pyridine rings is 1. The number of aromatic nitrogens is 3. The van der Waals surface area contributed by atoms with Crippen molar-refractivity contribution in [2.75, 3.05) is 18.0 Å². The second-order valence-corrected chi connectivity index (χ2v) is 12.4. The number of aromatic amines is 1. The Hall–Kier alpha value is -3.19. The first-order chi connectivity index (χ1) is 18.2. The number of anilines is 1. The quantitative estimate of drug-likeness (QED) is 0.252. The van der Waals surface area contributed by atoms with Gasteiger partial charge in [-0.3, -0.25) is 4.79 Å². The zero-order valence-electron chi connectivity index (χ0n) is 22.4. The molecule has 0 atom stereocenters. The summed E-state index contributed by atoms with van der Waals surface area (Å²) >= 11 is 3.75. The van der Waals surface area contributed by atoms with Gasteiger partial charge in [0, 0.05) is 37.8 Å². The molecule has 2 aromatic heterocycles. The average molecular weight is 575 g/mol. The van der Waals surface area contributed by atoms with Crippen LogP contribution in [0.4, 0.5) is 5.69 Å². The number of nitrogens with zero attached hydrogens (tertiary/aromatic N) is 3. The molecule has 1 aliphatic heterocycles. The minimum Gasteiger partial charge on any atom is -0.369 e. The number of amides is 1. The number of H-pyrrole nitrogens is 1. The molecule has 1 aliphatic rings. The largest absolute Gasteiger partial charge is 0.369 e. The normalized spacial score (nSPS) is 14.7. The van der Waals surface area contributed by atoms with E-state index in [1.54, 1.807) is 0 Å². The maximum Gasteiger partial charge on any atom is 0.220 e. The van der Waals surface area contributed by atoms with Gasteiger partial charge in [-0.05, 0) is 57.7 Å². The molecule has 0 bridgehead atoms. The Morgan fingerprint density at radius 2 is 1.76 bits per heavy atom. The summed E-state index contributed by atoms with van der Waals surface area (Å²) in [6.45, 7) is 8.75. The van der Waals surface area contributed by atoms with E-state index in [4.69, 9.17) is 4.98 Å². The molecule has 0 unspecified atom stereocenters. The smallest absolute Gasteiger partial charge is 0.220 e. The Morgan fingerprint density at radius 1 is 1.05 bits per heavy atom. The first-order valence-electron chi connectivity index (χ1n) is 13.4. The van der Waals surface area contributed by atoms with E-state index in [0.29, 0.717) is 18.9 Å². The van der Waals surface area contributed by atoms with Crippen LogP contribution in [0.2, 0.25) is 0 Å². The predicted octanol–water partition coefficient (Wildman–Crippen LogP) is 6.90. The Bertz CT molecular complexity index is 1380. The van der Waals surface area contributed by atoms with Crippen LogP contribution >= 0.6 is 15.9 Å². The summed E-state index contributed by atoms with van der Waals surface area (Å²) in [6, 6.07) is 19.0. The zero-order valence-corrected chi connectivity index (χ0v) is 24.0. The third-order valence-electron chi connectivity index (χ3n) is 7.15. The van der Waals surface area contributed by atoms with Crippen molar-refractivity contribution in [2.24, 2.45) is 11.3 Å². The minimum absolute atomic E-state index is 0.0187. The molecular formula is C31H36BrN5O. The summed E-state index contributed by atoms with van der Waals surface area (Å²) in [6.07, 6.45) is 5.86. The van der Waals surface area contributed by atoms with Crippen LogP contribution in [0, 0.1) is 11.3 Å². The lowest BCUT2D eigenvalue weighted by Crippen LogP contribution is -2.34.